The molecule has 0 heterocycles. The van der Waals surface area contributed by atoms with Gasteiger partial charge < -0.3 is 29.4 Å². The Hall–Kier alpha value is -3.14. The zero-order valence-electron chi connectivity index (χ0n) is 23.3. The molecule has 0 saturated carbocycles. The van der Waals surface area contributed by atoms with E-state index in [0.717, 1.165) is 19.3 Å². The zero-order chi connectivity index (χ0) is 28.5. The SMILES string of the molecule is CCCCC(=O)Oc1ccc(C[C@H](N)C(=O)O[C@@H](C)COC(=O)OCCC(C)C)cc1OC(=O)CCCC. The van der Waals surface area contributed by atoms with E-state index < -0.39 is 36.2 Å². The Balaban J connectivity index is 2.74. The van der Waals surface area contributed by atoms with E-state index in [0.29, 0.717) is 24.3 Å². The second-order valence-corrected chi connectivity index (χ2v) is 9.59. The quantitative estimate of drug-likeness (QED) is 0.216. The van der Waals surface area contributed by atoms with Gasteiger partial charge in [-0.05, 0) is 56.2 Å². The Labute approximate surface area is 225 Å². The molecule has 1 rings (SSSR count). The van der Waals surface area contributed by atoms with Gasteiger partial charge >= 0.3 is 24.1 Å². The van der Waals surface area contributed by atoms with Gasteiger partial charge in [-0.25, -0.2) is 4.79 Å². The van der Waals surface area contributed by atoms with Crippen molar-refractivity contribution in [2.45, 2.75) is 98.1 Å². The fourth-order valence-corrected chi connectivity index (χ4v) is 3.10. The highest BCUT2D eigenvalue weighted by molar-refractivity contribution is 5.77. The molecule has 0 aromatic heterocycles. The summed E-state index contributed by atoms with van der Waals surface area (Å²) in [5.74, 6) is -0.953. The van der Waals surface area contributed by atoms with Crippen molar-refractivity contribution in [3.8, 4) is 11.5 Å². The molecule has 0 amide bonds. The third-order valence-electron chi connectivity index (χ3n) is 5.35. The Bertz CT molecular complexity index is 900. The molecule has 0 unspecified atom stereocenters. The van der Waals surface area contributed by atoms with Gasteiger partial charge in [0.2, 0.25) is 0 Å². The Morgan fingerprint density at radius 2 is 1.47 bits per heavy atom. The summed E-state index contributed by atoms with van der Waals surface area (Å²) in [6, 6.07) is 3.65. The highest BCUT2D eigenvalue weighted by Gasteiger charge is 2.21. The van der Waals surface area contributed by atoms with Crippen LogP contribution in [0.1, 0.15) is 85.1 Å². The molecule has 1 aromatic carbocycles. The summed E-state index contributed by atoms with van der Waals surface area (Å²) in [4.78, 5) is 48.5. The summed E-state index contributed by atoms with van der Waals surface area (Å²) >= 11 is 0. The number of rotatable bonds is 17. The van der Waals surface area contributed by atoms with Crippen LogP contribution in [-0.2, 0) is 35.0 Å². The highest BCUT2D eigenvalue weighted by Crippen LogP contribution is 2.30. The lowest BCUT2D eigenvalue weighted by atomic mass is 10.1. The van der Waals surface area contributed by atoms with Crippen LogP contribution >= 0.6 is 0 Å². The monoisotopic (exact) mass is 537 g/mol. The summed E-state index contributed by atoms with van der Waals surface area (Å²) in [5.41, 5.74) is 6.62. The number of carbonyl (C=O) groups is 4. The fourth-order valence-electron chi connectivity index (χ4n) is 3.10. The standard InChI is InChI=1S/C28H43NO9/c1-6-8-10-25(30)37-23-13-12-21(17-24(23)38-26(31)11-9-7-2)16-22(29)27(32)36-20(5)18-35-28(33)34-15-14-19(3)4/h12-13,17,19-20,22H,6-11,14-16,18,29H2,1-5H3/t20-,22-/m0/s1. The van der Waals surface area contributed by atoms with E-state index >= 15 is 0 Å². The molecule has 0 radical (unpaired) electrons. The molecule has 2 N–H and O–H groups in total. The van der Waals surface area contributed by atoms with Crippen LogP contribution in [0.25, 0.3) is 0 Å². The van der Waals surface area contributed by atoms with Gasteiger partial charge in [0.05, 0.1) is 6.61 Å². The minimum atomic E-state index is -1.03. The molecule has 1 aromatic rings. The normalized spacial score (nSPS) is 12.4. The van der Waals surface area contributed by atoms with Crippen molar-refractivity contribution in [2.24, 2.45) is 11.7 Å². The average molecular weight is 538 g/mol. The summed E-state index contributed by atoms with van der Waals surface area (Å²) in [6.45, 7) is 9.60. The maximum absolute atomic E-state index is 12.5. The van der Waals surface area contributed by atoms with E-state index in [1.54, 1.807) is 13.0 Å². The molecule has 0 spiro atoms. The second-order valence-electron chi connectivity index (χ2n) is 9.59. The first-order valence-corrected chi connectivity index (χ1v) is 13.4. The lowest BCUT2D eigenvalue weighted by Crippen LogP contribution is -2.37. The Morgan fingerprint density at radius 3 is 2.05 bits per heavy atom. The van der Waals surface area contributed by atoms with E-state index in [2.05, 4.69) is 0 Å². The van der Waals surface area contributed by atoms with Crippen molar-refractivity contribution in [3.05, 3.63) is 23.8 Å². The largest absolute Gasteiger partial charge is 0.508 e. The van der Waals surface area contributed by atoms with Gasteiger partial charge in [-0.2, -0.15) is 0 Å². The summed E-state index contributed by atoms with van der Waals surface area (Å²) in [6.07, 6.45) is 2.73. The summed E-state index contributed by atoms with van der Waals surface area (Å²) in [5, 5.41) is 0. The van der Waals surface area contributed by atoms with Crippen LogP contribution in [0.15, 0.2) is 18.2 Å². The van der Waals surface area contributed by atoms with Gasteiger partial charge in [0, 0.05) is 12.8 Å². The molecule has 0 aliphatic rings. The van der Waals surface area contributed by atoms with Crippen molar-refractivity contribution in [1.29, 1.82) is 0 Å². The van der Waals surface area contributed by atoms with Crippen molar-refractivity contribution in [3.63, 3.8) is 0 Å². The van der Waals surface area contributed by atoms with E-state index in [4.69, 9.17) is 29.4 Å². The van der Waals surface area contributed by atoms with Crippen LogP contribution in [0, 0.1) is 5.92 Å². The molecule has 0 aliphatic carbocycles. The minimum absolute atomic E-state index is 0.0766. The van der Waals surface area contributed by atoms with E-state index in [9.17, 15) is 19.2 Å². The minimum Gasteiger partial charge on any atom is -0.458 e. The third kappa shape index (κ3) is 14.0. The molecule has 0 bridgehead atoms. The van der Waals surface area contributed by atoms with Crippen LogP contribution in [0.3, 0.4) is 0 Å². The van der Waals surface area contributed by atoms with Crippen molar-refractivity contribution < 1.29 is 42.9 Å². The number of unbranched alkanes of at least 4 members (excludes halogenated alkanes) is 2. The molecule has 214 valence electrons. The van der Waals surface area contributed by atoms with Gasteiger partial charge in [0.15, 0.2) is 11.5 Å². The van der Waals surface area contributed by atoms with E-state index in [-0.39, 0.29) is 44.0 Å². The van der Waals surface area contributed by atoms with Crippen LogP contribution in [0.2, 0.25) is 0 Å². The number of hydrogen-bond donors (Lipinski definition) is 1. The Kier molecular flexibility index (Phi) is 15.7. The van der Waals surface area contributed by atoms with Crippen LogP contribution < -0.4 is 15.2 Å². The predicted octanol–water partition coefficient (Wildman–Crippen LogP) is 4.88. The first kappa shape index (κ1) is 32.9. The maximum atomic E-state index is 12.5. The lowest BCUT2D eigenvalue weighted by molar-refractivity contribution is -0.152. The van der Waals surface area contributed by atoms with E-state index in [1.807, 2.05) is 27.7 Å². The molecule has 0 aliphatic heterocycles. The summed E-state index contributed by atoms with van der Waals surface area (Å²) < 4.78 is 26.1. The molecule has 2 atom stereocenters. The smallest absolute Gasteiger partial charge is 0.458 e. The van der Waals surface area contributed by atoms with Crippen molar-refractivity contribution in [2.75, 3.05) is 13.2 Å². The van der Waals surface area contributed by atoms with Crippen molar-refractivity contribution >= 4 is 24.1 Å². The number of esters is 3. The molecule has 0 fully saturated rings. The van der Waals surface area contributed by atoms with Gasteiger partial charge in [-0.3, -0.25) is 14.4 Å². The first-order chi connectivity index (χ1) is 18.0. The molecule has 38 heavy (non-hydrogen) atoms. The molecule has 10 nitrogen and oxygen atoms in total. The number of nitrogens with two attached hydrogens (primary N) is 1. The molecule has 0 saturated heterocycles. The molecule has 10 heteroatoms. The average Bonchev–Trinajstić information content (AvgIpc) is 2.86. The number of ether oxygens (including phenoxy) is 5. The van der Waals surface area contributed by atoms with Gasteiger partial charge in [0.1, 0.15) is 18.8 Å². The third-order valence-corrected chi connectivity index (χ3v) is 5.35. The van der Waals surface area contributed by atoms with Gasteiger partial charge in [0.25, 0.3) is 0 Å². The van der Waals surface area contributed by atoms with Gasteiger partial charge in [-0.1, -0.05) is 46.6 Å². The second kappa shape index (κ2) is 18.2. The summed E-state index contributed by atoms with van der Waals surface area (Å²) in [7, 11) is 0. The topological polar surface area (TPSA) is 140 Å². The maximum Gasteiger partial charge on any atom is 0.508 e. The number of hydrogen-bond acceptors (Lipinski definition) is 10. The van der Waals surface area contributed by atoms with Crippen LogP contribution in [0.4, 0.5) is 4.79 Å². The van der Waals surface area contributed by atoms with Crippen LogP contribution in [-0.4, -0.2) is 49.4 Å². The number of benzene rings is 1. The van der Waals surface area contributed by atoms with Crippen molar-refractivity contribution in [1.82, 2.24) is 0 Å². The van der Waals surface area contributed by atoms with Gasteiger partial charge in [-0.15, -0.1) is 0 Å². The van der Waals surface area contributed by atoms with Crippen LogP contribution in [0.5, 0.6) is 11.5 Å². The number of carbonyl (C=O) groups excluding carboxylic acids is 4. The van der Waals surface area contributed by atoms with E-state index in [1.165, 1.54) is 12.1 Å². The highest BCUT2D eigenvalue weighted by atomic mass is 16.7. The predicted molar refractivity (Wildman–Crippen MR) is 141 cm³/mol. The molecular weight excluding hydrogens is 494 g/mol. The fraction of sp³-hybridized carbons (Fsp3) is 0.643. The zero-order valence-corrected chi connectivity index (χ0v) is 23.3. The lowest BCUT2D eigenvalue weighted by Gasteiger charge is -2.18. The molecular formula is C28H43NO9. The first-order valence-electron chi connectivity index (χ1n) is 13.4. The Morgan fingerprint density at radius 1 is 0.868 bits per heavy atom.